The highest BCUT2D eigenvalue weighted by Crippen LogP contribution is 2.17. The van der Waals surface area contributed by atoms with E-state index in [0.717, 1.165) is 17.5 Å². The molecule has 3 rings (SSSR count). The molecular formula is C20H22N4O4. The Labute approximate surface area is 162 Å². The van der Waals surface area contributed by atoms with Crippen molar-refractivity contribution in [3.05, 3.63) is 53.1 Å². The molecule has 146 valence electrons. The van der Waals surface area contributed by atoms with Crippen molar-refractivity contribution in [2.45, 2.75) is 26.8 Å². The molecule has 1 amide bonds. The average molecular weight is 382 g/mol. The highest BCUT2D eigenvalue weighted by Gasteiger charge is 2.08. The second-order valence-corrected chi connectivity index (χ2v) is 6.54. The zero-order valence-electron chi connectivity index (χ0n) is 15.8. The Hall–Kier alpha value is -3.42. The summed E-state index contributed by atoms with van der Waals surface area (Å²) in [6.07, 6.45) is 0.756. The summed E-state index contributed by atoms with van der Waals surface area (Å²) in [5, 5.41) is 19.3. The van der Waals surface area contributed by atoms with Crippen LogP contribution in [0.4, 0.5) is 0 Å². The van der Waals surface area contributed by atoms with E-state index in [1.807, 2.05) is 10.7 Å². The summed E-state index contributed by atoms with van der Waals surface area (Å²) in [6, 6.07) is 10.7. The van der Waals surface area contributed by atoms with Gasteiger partial charge in [0, 0.05) is 18.5 Å². The lowest BCUT2D eigenvalue weighted by molar-refractivity contribution is -0.135. The molecule has 0 saturated heterocycles. The Balaban J connectivity index is 1.50. The largest absolute Gasteiger partial charge is 0.494 e. The number of amides is 1. The average Bonchev–Trinajstić information content (AvgIpc) is 3.05. The number of ether oxygens (including phenoxy) is 1. The van der Waals surface area contributed by atoms with Crippen molar-refractivity contribution >= 4 is 22.9 Å². The van der Waals surface area contributed by atoms with Crippen LogP contribution in [0.2, 0.25) is 0 Å². The maximum atomic E-state index is 11.8. The fourth-order valence-corrected chi connectivity index (χ4v) is 2.75. The molecule has 0 aliphatic rings. The molecule has 8 heteroatoms. The number of hydrogen-bond donors (Lipinski definition) is 2. The van der Waals surface area contributed by atoms with E-state index in [-0.39, 0.29) is 0 Å². The van der Waals surface area contributed by atoms with Gasteiger partial charge < -0.3 is 15.2 Å². The molecule has 28 heavy (non-hydrogen) atoms. The summed E-state index contributed by atoms with van der Waals surface area (Å²) in [5.41, 5.74) is 4.69. The molecule has 0 radical (unpaired) electrons. The van der Waals surface area contributed by atoms with E-state index in [0.29, 0.717) is 24.5 Å². The summed E-state index contributed by atoms with van der Waals surface area (Å²) in [4.78, 5) is 22.3. The van der Waals surface area contributed by atoms with Gasteiger partial charge in [0.2, 0.25) is 0 Å². The number of aromatic nitrogens is 3. The maximum Gasteiger partial charge on any atom is 0.322 e. The van der Waals surface area contributed by atoms with Crippen molar-refractivity contribution in [2.24, 2.45) is 0 Å². The first-order valence-electron chi connectivity index (χ1n) is 8.97. The van der Waals surface area contributed by atoms with Crippen LogP contribution in [0.3, 0.4) is 0 Å². The Morgan fingerprint density at radius 3 is 2.57 bits per heavy atom. The number of aryl methyl sites for hydroxylation is 3. The summed E-state index contributed by atoms with van der Waals surface area (Å²) in [7, 11) is 0. The van der Waals surface area contributed by atoms with Crippen LogP contribution in [-0.4, -0.2) is 45.1 Å². The van der Waals surface area contributed by atoms with Gasteiger partial charge in [0.05, 0.1) is 12.1 Å². The quantitative estimate of drug-likeness (QED) is 0.579. The number of nitrogens with zero attached hydrogens (tertiary/aromatic N) is 3. The van der Waals surface area contributed by atoms with Gasteiger partial charge >= 0.3 is 5.97 Å². The van der Waals surface area contributed by atoms with Crippen LogP contribution < -0.4 is 10.1 Å². The maximum absolute atomic E-state index is 11.8. The molecule has 3 aromatic rings. The van der Waals surface area contributed by atoms with Crippen LogP contribution in [0.15, 0.2) is 36.4 Å². The van der Waals surface area contributed by atoms with Gasteiger partial charge in [0.15, 0.2) is 0 Å². The molecule has 1 heterocycles. The van der Waals surface area contributed by atoms with Crippen LogP contribution in [-0.2, 0) is 11.3 Å². The minimum Gasteiger partial charge on any atom is -0.494 e. The summed E-state index contributed by atoms with van der Waals surface area (Å²) in [5.74, 6) is -0.874. The van der Waals surface area contributed by atoms with Gasteiger partial charge in [-0.25, -0.2) is 4.68 Å². The Bertz CT molecular complexity index is 995. The summed E-state index contributed by atoms with van der Waals surface area (Å²) in [6.45, 7) is 4.90. The van der Waals surface area contributed by atoms with Gasteiger partial charge in [0.25, 0.3) is 5.91 Å². The Morgan fingerprint density at radius 1 is 1.14 bits per heavy atom. The van der Waals surface area contributed by atoms with Gasteiger partial charge in [0.1, 0.15) is 17.8 Å². The summed E-state index contributed by atoms with van der Waals surface area (Å²) < 4.78 is 7.58. The molecule has 0 aliphatic carbocycles. The number of benzene rings is 2. The molecule has 2 N–H and O–H groups in total. The lowest BCUT2D eigenvalue weighted by Crippen LogP contribution is -2.29. The van der Waals surface area contributed by atoms with Crippen molar-refractivity contribution in [1.82, 2.24) is 20.3 Å². The van der Waals surface area contributed by atoms with Gasteiger partial charge in [-0.05, 0) is 61.4 Å². The second kappa shape index (κ2) is 8.51. The van der Waals surface area contributed by atoms with Gasteiger partial charge in [-0.15, -0.1) is 5.10 Å². The van der Waals surface area contributed by atoms with E-state index in [1.54, 1.807) is 24.3 Å². The van der Waals surface area contributed by atoms with Crippen LogP contribution >= 0.6 is 0 Å². The predicted molar refractivity (Wildman–Crippen MR) is 104 cm³/mol. The van der Waals surface area contributed by atoms with E-state index >= 15 is 0 Å². The fourth-order valence-electron chi connectivity index (χ4n) is 2.75. The lowest BCUT2D eigenvalue weighted by Gasteiger charge is -2.08. The number of nitrogens with one attached hydrogen (secondary N) is 1. The van der Waals surface area contributed by atoms with Crippen LogP contribution in [0.25, 0.3) is 11.0 Å². The van der Waals surface area contributed by atoms with E-state index in [4.69, 9.17) is 9.84 Å². The first kappa shape index (κ1) is 19.3. The molecule has 0 bridgehead atoms. The number of carbonyl (C=O) groups excluding carboxylic acids is 1. The predicted octanol–water partition coefficient (Wildman–Crippen LogP) is 2.33. The van der Waals surface area contributed by atoms with E-state index in [2.05, 4.69) is 35.5 Å². The third kappa shape index (κ3) is 4.64. The van der Waals surface area contributed by atoms with Gasteiger partial charge in [-0.3, -0.25) is 9.59 Å². The van der Waals surface area contributed by atoms with Crippen LogP contribution in [0.1, 0.15) is 27.9 Å². The second-order valence-electron chi connectivity index (χ2n) is 6.54. The topological polar surface area (TPSA) is 106 Å². The first-order chi connectivity index (χ1) is 13.4. The summed E-state index contributed by atoms with van der Waals surface area (Å²) >= 11 is 0. The minimum atomic E-state index is -1.08. The number of rotatable bonds is 8. The molecule has 0 atom stereocenters. The number of aliphatic carboxylic acids is 1. The Morgan fingerprint density at radius 2 is 1.86 bits per heavy atom. The minimum absolute atomic E-state index is 0.383. The van der Waals surface area contributed by atoms with Gasteiger partial charge in [-0.1, -0.05) is 5.21 Å². The van der Waals surface area contributed by atoms with Crippen molar-refractivity contribution in [3.8, 4) is 5.75 Å². The Kier molecular flexibility index (Phi) is 5.88. The monoisotopic (exact) mass is 382 g/mol. The third-order valence-corrected chi connectivity index (χ3v) is 4.43. The molecule has 0 saturated carbocycles. The smallest absolute Gasteiger partial charge is 0.322 e. The third-order valence-electron chi connectivity index (χ3n) is 4.43. The van der Waals surface area contributed by atoms with Crippen molar-refractivity contribution in [2.75, 3.05) is 13.2 Å². The number of fused-ring (bicyclic) bond motifs is 1. The molecule has 8 nitrogen and oxygen atoms in total. The molecule has 0 aliphatic heterocycles. The SMILES string of the molecule is Cc1cc2nnn(CCCOc3ccc(C(=O)NCC(=O)O)cc3)c2cc1C. The zero-order chi connectivity index (χ0) is 20.1. The molecular weight excluding hydrogens is 360 g/mol. The van der Waals surface area contributed by atoms with E-state index in [1.165, 1.54) is 11.1 Å². The number of carbonyl (C=O) groups is 2. The van der Waals surface area contributed by atoms with E-state index in [9.17, 15) is 9.59 Å². The molecule has 0 unspecified atom stereocenters. The van der Waals surface area contributed by atoms with Crippen molar-refractivity contribution < 1.29 is 19.4 Å². The molecule has 0 spiro atoms. The zero-order valence-corrected chi connectivity index (χ0v) is 15.8. The number of carboxylic acid groups (broad SMARTS) is 1. The van der Waals surface area contributed by atoms with Crippen LogP contribution in [0.5, 0.6) is 5.75 Å². The number of hydrogen-bond acceptors (Lipinski definition) is 5. The highest BCUT2D eigenvalue weighted by molar-refractivity contribution is 5.95. The van der Waals surface area contributed by atoms with Gasteiger partial charge in [-0.2, -0.15) is 0 Å². The molecule has 0 fully saturated rings. The molecule has 2 aromatic carbocycles. The fraction of sp³-hybridized carbons (Fsp3) is 0.300. The van der Waals surface area contributed by atoms with Crippen LogP contribution in [0, 0.1) is 13.8 Å². The lowest BCUT2D eigenvalue weighted by atomic mass is 10.1. The molecule has 1 aromatic heterocycles. The number of carboxylic acids is 1. The van der Waals surface area contributed by atoms with Crippen molar-refractivity contribution in [1.29, 1.82) is 0 Å². The normalized spacial score (nSPS) is 10.8. The first-order valence-corrected chi connectivity index (χ1v) is 8.97. The van der Waals surface area contributed by atoms with E-state index < -0.39 is 18.4 Å². The highest BCUT2D eigenvalue weighted by atomic mass is 16.5. The van der Waals surface area contributed by atoms with Crippen molar-refractivity contribution in [3.63, 3.8) is 0 Å². The standard InChI is InChI=1S/C20H22N4O4/c1-13-10-17-18(11-14(13)2)24(23-22-17)8-3-9-28-16-6-4-15(5-7-16)20(27)21-12-19(25)26/h4-7,10-11H,3,8-9,12H2,1-2H3,(H,21,27)(H,25,26).